The van der Waals surface area contributed by atoms with E-state index < -0.39 is 0 Å². The van der Waals surface area contributed by atoms with Crippen molar-refractivity contribution in [3.8, 4) is 11.6 Å². The normalized spacial score (nSPS) is 13.9. The summed E-state index contributed by atoms with van der Waals surface area (Å²) in [5, 5.41) is 4.76. The maximum atomic E-state index is 12.9. The molecule has 7 nitrogen and oxygen atoms in total. The van der Waals surface area contributed by atoms with Gasteiger partial charge in [-0.1, -0.05) is 0 Å². The fraction of sp³-hybridized carbons (Fsp3) is 0.400. The van der Waals surface area contributed by atoms with Crippen molar-refractivity contribution in [1.29, 1.82) is 0 Å². The molecule has 0 spiro atoms. The van der Waals surface area contributed by atoms with Gasteiger partial charge in [-0.3, -0.25) is 14.5 Å². The van der Waals surface area contributed by atoms with Crippen LogP contribution in [0.15, 0.2) is 28.9 Å². The van der Waals surface area contributed by atoms with E-state index in [0.29, 0.717) is 24.5 Å². The molecule has 0 fully saturated rings. The van der Waals surface area contributed by atoms with Gasteiger partial charge in [0.2, 0.25) is 5.89 Å². The maximum Gasteiger partial charge on any atom is 0.255 e. The van der Waals surface area contributed by atoms with Crippen LogP contribution in [0.2, 0.25) is 0 Å². The van der Waals surface area contributed by atoms with Crippen molar-refractivity contribution in [2.45, 2.75) is 46.7 Å². The van der Waals surface area contributed by atoms with Crippen LogP contribution in [0, 0.1) is 13.8 Å². The Morgan fingerprint density at radius 2 is 2.00 bits per heavy atom. The van der Waals surface area contributed by atoms with Crippen LogP contribution in [-0.4, -0.2) is 37.1 Å². The Bertz CT molecular complexity index is 984. The van der Waals surface area contributed by atoms with Crippen LogP contribution in [0.25, 0.3) is 11.6 Å². The molecule has 0 N–H and O–H groups in total. The van der Waals surface area contributed by atoms with Crippen molar-refractivity contribution in [3.05, 3.63) is 52.8 Å². The van der Waals surface area contributed by atoms with Crippen LogP contribution in [0.5, 0.6) is 0 Å². The highest BCUT2D eigenvalue weighted by Gasteiger charge is 2.30. The predicted molar refractivity (Wildman–Crippen MR) is 100 cm³/mol. The summed E-state index contributed by atoms with van der Waals surface area (Å²) in [5.41, 5.74) is 4.40. The van der Waals surface area contributed by atoms with Gasteiger partial charge in [-0.15, -0.1) is 0 Å². The standard InChI is InChI=1S/C20H23N5O2/c1-12(2)25-17-7-8-24(20(26)15-6-5-13(3)21-10-15)11-16(17)18(23-25)19-22-9-14(4)27-19/h5-6,9-10,12H,7-8,11H2,1-4H3. The van der Waals surface area contributed by atoms with Crippen LogP contribution in [0.1, 0.15) is 53.0 Å². The zero-order chi connectivity index (χ0) is 19.1. The number of aromatic nitrogens is 4. The molecule has 1 amide bonds. The molecule has 140 valence electrons. The van der Waals surface area contributed by atoms with Crippen molar-refractivity contribution in [1.82, 2.24) is 24.6 Å². The van der Waals surface area contributed by atoms with Gasteiger partial charge in [-0.25, -0.2) is 4.98 Å². The summed E-state index contributed by atoms with van der Waals surface area (Å²) in [6.45, 7) is 9.13. The van der Waals surface area contributed by atoms with Gasteiger partial charge in [0.25, 0.3) is 5.91 Å². The first-order valence-corrected chi connectivity index (χ1v) is 9.19. The number of amides is 1. The van der Waals surface area contributed by atoms with Crippen molar-refractivity contribution in [2.75, 3.05) is 6.54 Å². The average Bonchev–Trinajstić information content (AvgIpc) is 3.24. The molecule has 1 aliphatic heterocycles. The lowest BCUT2D eigenvalue weighted by molar-refractivity contribution is 0.0732. The van der Waals surface area contributed by atoms with Gasteiger partial charge in [-0.2, -0.15) is 5.10 Å². The molecule has 3 aromatic heterocycles. The van der Waals surface area contributed by atoms with Crippen LogP contribution >= 0.6 is 0 Å². The van der Waals surface area contributed by atoms with Gasteiger partial charge in [-0.05, 0) is 39.8 Å². The molecular formula is C20H23N5O2. The Morgan fingerprint density at radius 3 is 2.63 bits per heavy atom. The van der Waals surface area contributed by atoms with Crippen LogP contribution < -0.4 is 0 Å². The van der Waals surface area contributed by atoms with Gasteiger partial charge >= 0.3 is 0 Å². The molecule has 7 heteroatoms. The molecule has 3 aromatic rings. The average molecular weight is 365 g/mol. The Morgan fingerprint density at radius 1 is 1.19 bits per heavy atom. The lowest BCUT2D eigenvalue weighted by Gasteiger charge is -2.28. The fourth-order valence-corrected chi connectivity index (χ4v) is 3.46. The van der Waals surface area contributed by atoms with E-state index in [0.717, 1.165) is 34.8 Å². The zero-order valence-corrected chi connectivity index (χ0v) is 16.1. The number of fused-ring (bicyclic) bond motifs is 1. The Balaban J connectivity index is 1.70. The van der Waals surface area contributed by atoms with Crippen molar-refractivity contribution < 1.29 is 9.21 Å². The van der Waals surface area contributed by atoms with Gasteiger partial charge in [0.1, 0.15) is 5.76 Å². The first-order valence-electron chi connectivity index (χ1n) is 9.19. The van der Waals surface area contributed by atoms with E-state index in [9.17, 15) is 4.79 Å². The summed E-state index contributed by atoms with van der Waals surface area (Å²) in [4.78, 5) is 23.4. The second-order valence-corrected chi connectivity index (χ2v) is 7.25. The molecule has 0 saturated carbocycles. The first kappa shape index (κ1) is 17.5. The molecule has 0 saturated heterocycles. The highest BCUT2D eigenvalue weighted by molar-refractivity contribution is 5.94. The quantitative estimate of drug-likeness (QED) is 0.711. The van der Waals surface area contributed by atoms with Crippen molar-refractivity contribution >= 4 is 5.91 Å². The van der Waals surface area contributed by atoms with Crippen LogP contribution in [-0.2, 0) is 13.0 Å². The summed E-state index contributed by atoms with van der Waals surface area (Å²) in [7, 11) is 0. The monoisotopic (exact) mass is 365 g/mol. The van der Waals surface area contributed by atoms with E-state index in [2.05, 4.69) is 23.8 Å². The largest absolute Gasteiger partial charge is 0.440 e. The number of pyridine rings is 1. The summed E-state index contributed by atoms with van der Waals surface area (Å²) >= 11 is 0. The number of carbonyl (C=O) groups excluding carboxylic acids is 1. The minimum absolute atomic E-state index is 0.0139. The third kappa shape index (κ3) is 3.13. The number of rotatable bonds is 3. The highest BCUT2D eigenvalue weighted by atomic mass is 16.4. The molecule has 0 bridgehead atoms. The lowest BCUT2D eigenvalue weighted by Crippen LogP contribution is -2.36. The summed E-state index contributed by atoms with van der Waals surface area (Å²) < 4.78 is 7.75. The molecule has 4 heterocycles. The van der Waals surface area contributed by atoms with Gasteiger partial charge in [0, 0.05) is 42.2 Å². The van der Waals surface area contributed by atoms with Crippen LogP contribution in [0.4, 0.5) is 0 Å². The maximum absolute atomic E-state index is 12.9. The Hall–Kier alpha value is -2.96. The zero-order valence-electron chi connectivity index (χ0n) is 16.1. The van der Waals surface area contributed by atoms with E-state index >= 15 is 0 Å². The number of oxazole rings is 1. The van der Waals surface area contributed by atoms with Gasteiger partial charge in [0.15, 0.2) is 5.69 Å². The van der Waals surface area contributed by atoms with Crippen molar-refractivity contribution in [3.63, 3.8) is 0 Å². The number of aryl methyl sites for hydroxylation is 2. The van der Waals surface area contributed by atoms with E-state index in [1.807, 2.05) is 35.6 Å². The smallest absolute Gasteiger partial charge is 0.255 e. The van der Waals surface area contributed by atoms with Crippen molar-refractivity contribution in [2.24, 2.45) is 0 Å². The SMILES string of the molecule is Cc1ccc(C(=O)N2CCc3c(c(-c4ncc(C)o4)nn3C(C)C)C2)cn1. The summed E-state index contributed by atoms with van der Waals surface area (Å²) in [6.07, 6.45) is 4.09. The Labute approximate surface area is 158 Å². The topological polar surface area (TPSA) is 77.0 Å². The third-order valence-electron chi connectivity index (χ3n) is 4.84. The molecule has 0 aromatic carbocycles. The third-order valence-corrected chi connectivity index (χ3v) is 4.84. The molecule has 0 unspecified atom stereocenters. The molecule has 1 aliphatic rings. The number of hydrogen-bond donors (Lipinski definition) is 0. The molecule has 4 rings (SSSR count). The fourth-order valence-electron chi connectivity index (χ4n) is 3.46. The number of carbonyl (C=O) groups is 1. The minimum Gasteiger partial charge on any atom is -0.440 e. The first-order chi connectivity index (χ1) is 12.9. The molecular weight excluding hydrogens is 342 g/mol. The van der Waals surface area contributed by atoms with E-state index in [1.165, 1.54) is 0 Å². The van der Waals surface area contributed by atoms with E-state index in [1.54, 1.807) is 12.4 Å². The second-order valence-electron chi connectivity index (χ2n) is 7.25. The van der Waals surface area contributed by atoms with E-state index in [4.69, 9.17) is 9.52 Å². The number of hydrogen-bond acceptors (Lipinski definition) is 5. The Kier molecular flexibility index (Phi) is 4.30. The lowest BCUT2D eigenvalue weighted by atomic mass is 10.0. The van der Waals surface area contributed by atoms with Crippen LogP contribution in [0.3, 0.4) is 0 Å². The second kappa shape index (κ2) is 6.64. The molecule has 0 atom stereocenters. The predicted octanol–water partition coefficient (Wildman–Crippen LogP) is 3.33. The van der Waals surface area contributed by atoms with E-state index in [-0.39, 0.29) is 11.9 Å². The number of nitrogens with zero attached hydrogens (tertiary/aromatic N) is 5. The van der Waals surface area contributed by atoms with Gasteiger partial charge < -0.3 is 9.32 Å². The minimum atomic E-state index is -0.0139. The molecule has 27 heavy (non-hydrogen) atoms. The highest BCUT2D eigenvalue weighted by Crippen LogP contribution is 2.32. The van der Waals surface area contributed by atoms with Gasteiger partial charge in [0.05, 0.1) is 18.3 Å². The summed E-state index contributed by atoms with van der Waals surface area (Å²) in [5.74, 6) is 1.24. The molecule has 0 aliphatic carbocycles. The summed E-state index contributed by atoms with van der Waals surface area (Å²) in [6, 6.07) is 3.92. The molecule has 0 radical (unpaired) electrons.